The molecule has 0 spiro atoms. The van der Waals surface area contributed by atoms with E-state index >= 15 is 0 Å². The fourth-order valence-electron chi connectivity index (χ4n) is 2.50. The summed E-state index contributed by atoms with van der Waals surface area (Å²) in [7, 11) is 0. The van der Waals surface area contributed by atoms with Crippen molar-refractivity contribution in [3.8, 4) is 0 Å². The van der Waals surface area contributed by atoms with Gasteiger partial charge >= 0.3 is 5.97 Å². The van der Waals surface area contributed by atoms with Crippen molar-refractivity contribution >= 4 is 5.97 Å². The number of carboxylic acid groups (broad SMARTS) is 1. The molecule has 0 aromatic heterocycles. The minimum atomic E-state index is -0.759. The second-order valence-electron chi connectivity index (χ2n) is 4.82. The Labute approximate surface area is 108 Å². The summed E-state index contributed by atoms with van der Waals surface area (Å²) in [6.45, 7) is 7.30. The SMILES string of the molecule is Cc1cccc(C(C(=O)O)N2CCNCC2)c1C. The molecule has 1 fully saturated rings. The molecule has 1 unspecified atom stereocenters. The molecular weight excluding hydrogens is 228 g/mol. The lowest BCUT2D eigenvalue weighted by molar-refractivity contribution is -0.143. The van der Waals surface area contributed by atoms with E-state index in [2.05, 4.69) is 5.32 Å². The van der Waals surface area contributed by atoms with Gasteiger partial charge in [-0.15, -0.1) is 0 Å². The first kappa shape index (κ1) is 13.1. The molecule has 1 aromatic carbocycles. The van der Waals surface area contributed by atoms with Crippen LogP contribution in [0, 0.1) is 13.8 Å². The maximum atomic E-state index is 11.6. The summed E-state index contributed by atoms with van der Waals surface area (Å²) in [5.41, 5.74) is 3.15. The van der Waals surface area contributed by atoms with E-state index in [1.165, 1.54) is 0 Å². The number of carbonyl (C=O) groups is 1. The highest BCUT2D eigenvalue weighted by atomic mass is 16.4. The topological polar surface area (TPSA) is 52.6 Å². The van der Waals surface area contributed by atoms with Crippen LogP contribution in [-0.2, 0) is 4.79 Å². The molecule has 4 nitrogen and oxygen atoms in total. The van der Waals surface area contributed by atoms with Crippen LogP contribution in [0.25, 0.3) is 0 Å². The molecule has 1 aromatic rings. The van der Waals surface area contributed by atoms with Crippen molar-refractivity contribution < 1.29 is 9.90 Å². The van der Waals surface area contributed by atoms with Crippen molar-refractivity contribution in [1.29, 1.82) is 0 Å². The average Bonchev–Trinajstić information content (AvgIpc) is 2.36. The molecule has 1 aliphatic rings. The summed E-state index contributed by atoms with van der Waals surface area (Å²) in [5.74, 6) is -0.759. The highest BCUT2D eigenvalue weighted by Crippen LogP contribution is 2.26. The van der Waals surface area contributed by atoms with Gasteiger partial charge in [0, 0.05) is 26.2 Å². The van der Waals surface area contributed by atoms with E-state index in [-0.39, 0.29) is 0 Å². The van der Waals surface area contributed by atoms with Crippen LogP contribution in [0.2, 0.25) is 0 Å². The summed E-state index contributed by atoms with van der Waals surface area (Å²) in [6.07, 6.45) is 0. The average molecular weight is 248 g/mol. The summed E-state index contributed by atoms with van der Waals surface area (Å²) < 4.78 is 0. The maximum absolute atomic E-state index is 11.6. The zero-order valence-electron chi connectivity index (χ0n) is 10.9. The van der Waals surface area contributed by atoms with Crippen LogP contribution in [0.5, 0.6) is 0 Å². The van der Waals surface area contributed by atoms with E-state index in [9.17, 15) is 9.90 Å². The summed E-state index contributed by atoms with van der Waals surface area (Å²) in [6, 6.07) is 5.38. The van der Waals surface area contributed by atoms with Crippen molar-refractivity contribution in [3.63, 3.8) is 0 Å². The molecule has 98 valence electrons. The zero-order valence-corrected chi connectivity index (χ0v) is 10.9. The van der Waals surface area contributed by atoms with Gasteiger partial charge < -0.3 is 10.4 Å². The fraction of sp³-hybridized carbons (Fsp3) is 0.500. The molecule has 4 heteroatoms. The van der Waals surface area contributed by atoms with Gasteiger partial charge in [0.2, 0.25) is 0 Å². The Morgan fingerprint density at radius 3 is 2.61 bits per heavy atom. The number of hydrogen-bond donors (Lipinski definition) is 2. The first-order chi connectivity index (χ1) is 8.61. The van der Waals surface area contributed by atoms with E-state index in [1.807, 2.05) is 36.9 Å². The van der Waals surface area contributed by atoms with Gasteiger partial charge in [0.25, 0.3) is 0 Å². The lowest BCUT2D eigenvalue weighted by Gasteiger charge is -2.33. The first-order valence-corrected chi connectivity index (χ1v) is 6.35. The van der Waals surface area contributed by atoms with Gasteiger partial charge in [-0.25, -0.2) is 0 Å². The van der Waals surface area contributed by atoms with E-state index in [1.54, 1.807) is 0 Å². The number of rotatable bonds is 3. The highest BCUT2D eigenvalue weighted by Gasteiger charge is 2.29. The minimum absolute atomic E-state index is 0.521. The second kappa shape index (κ2) is 5.50. The van der Waals surface area contributed by atoms with Crippen molar-refractivity contribution in [2.24, 2.45) is 0 Å². The molecule has 0 aliphatic carbocycles. The molecule has 18 heavy (non-hydrogen) atoms. The lowest BCUT2D eigenvalue weighted by atomic mass is 9.96. The Bertz CT molecular complexity index is 439. The van der Waals surface area contributed by atoms with Gasteiger partial charge in [-0.3, -0.25) is 9.69 Å². The van der Waals surface area contributed by atoms with Gasteiger partial charge in [0.05, 0.1) is 0 Å². The molecule has 1 heterocycles. The van der Waals surface area contributed by atoms with Crippen LogP contribution in [0.15, 0.2) is 18.2 Å². The highest BCUT2D eigenvalue weighted by molar-refractivity contribution is 5.76. The van der Waals surface area contributed by atoms with Gasteiger partial charge in [-0.2, -0.15) is 0 Å². The number of aliphatic carboxylic acids is 1. The van der Waals surface area contributed by atoms with Gasteiger partial charge in [0.15, 0.2) is 0 Å². The Morgan fingerprint density at radius 2 is 2.00 bits per heavy atom. The molecule has 1 atom stereocenters. The predicted octanol–water partition coefficient (Wildman–Crippen LogP) is 1.33. The number of hydrogen-bond acceptors (Lipinski definition) is 3. The summed E-state index contributed by atoms with van der Waals surface area (Å²) in [5, 5.41) is 12.8. The molecular formula is C14H20N2O2. The molecule has 1 saturated heterocycles. The smallest absolute Gasteiger partial charge is 0.325 e. The van der Waals surface area contributed by atoms with Crippen molar-refractivity contribution in [1.82, 2.24) is 10.2 Å². The molecule has 0 radical (unpaired) electrons. The third kappa shape index (κ3) is 2.54. The minimum Gasteiger partial charge on any atom is -0.480 e. The Morgan fingerprint density at radius 1 is 1.33 bits per heavy atom. The molecule has 0 bridgehead atoms. The third-order valence-corrected chi connectivity index (χ3v) is 3.69. The lowest BCUT2D eigenvalue weighted by Crippen LogP contribution is -2.47. The van der Waals surface area contributed by atoms with E-state index in [0.29, 0.717) is 0 Å². The fourth-order valence-corrected chi connectivity index (χ4v) is 2.50. The van der Waals surface area contributed by atoms with Gasteiger partial charge in [0.1, 0.15) is 6.04 Å². The Balaban J connectivity index is 2.34. The van der Waals surface area contributed by atoms with Crippen LogP contribution in [-0.4, -0.2) is 42.2 Å². The standard InChI is InChI=1S/C14H20N2O2/c1-10-4-3-5-12(11(10)2)13(14(17)18)16-8-6-15-7-9-16/h3-5,13,15H,6-9H2,1-2H3,(H,17,18). The van der Waals surface area contributed by atoms with Crippen LogP contribution >= 0.6 is 0 Å². The second-order valence-corrected chi connectivity index (χ2v) is 4.82. The third-order valence-electron chi connectivity index (χ3n) is 3.69. The maximum Gasteiger partial charge on any atom is 0.325 e. The molecule has 0 saturated carbocycles. The van der Waals surface area contributed by atoms with Crippen LogP contribution in [0.1, 0.15) is 22.7 Å². The molecule has 1 aliphatic heterocycles. The largest absolute Gasteiger partial charge is 0.480 e. The van der Waals surface area contributed by atoms with E-state index in [4.69, 9.17) is 0 Å². The van der Waals surface area contributed by atoms with Gasteiger partial charge in [-0.05, 0) is 30.5 Å². The monoisotopic (exact) mass is 248 g/mol. The van der Waals surface area contributed by atoms with E-state index < -0.39 is 12.0 Å². The summed E-state index contributed by atoms with van der Waals surface area (Å²) in [4.78, 5) is 13.6. The number of benzene rings is 1. The van der Waals surface area contributed by atoms with Crippen LogP contribution < -0.4 is 5.32 Å². The normalized spacial score (nSPS) is 18.6. The number of piperazine rings is 1. The van der Waals surface area contributed by atoms with E-state index in [0.717, 1.165) is 42.9 Å². The molecule has 2 N–H and O–H groups in total. The molecule has 2 rings (SSSR count). The Kier molecular flexibility index (Phi) is 3.99. The number of nitrogens with zero attached hydrogens (tertiary/aromatic N) is 1. The quantitative estimate of drug-likeness (QED) is 0.847. The predicted molar refractivity (Wildman–Crippen MR) is 70.7 cm³/mol. The van der Waals surface area contributed by atoms with Crippen molar-refractivity contribution in [2.75, 3.05) is 26.2 Å². The van der Waals surface area contributed by atoms with Crippen molar-refractivity contribution in [2.45, 2.75) is 19.9 Å². The van der Waals surface area contributed by atoms with Crippen LogP contribution in [0.4, 0.5) is 0 Å². The zero-order chi connectivity index (χ0) is 13.1. The number of carboxylic acids is 1. The van der Waals surface area contributed by atoms with Crippen molar-refractivity contribution in [3.05, 3.63) is 34.9 Å². The molecule has 0 amide bonds. The number of nitrogens with one attached hydrogen (secondary N) is 1. The van der Waals surface area contributed by atoms with Crippen LogP contribution in [0.3, 0.4) is 0 Å². The van der Waals surface area contributed by atoms with Gasteiger partial charge in [-0.1, -0.05) is 18.2 Å². The number of aryl methyl sites for hydroxylation is 1. The first-order valence-electron chi connectivity index (χ1n) is 6.35. The Hall–Kier alpha value is -1.39. The summed E-state index contributed by atoms with van der Waals surface area (Å²) >= 11 is 0.